The van der Waals surface area contributed by atoms with Crippen molar-refractivity contribution in [3.8, 4) is 0 Å². The van der Waals surface area contributed by atoms with E-state index in [2.05, 4.69) is 0 Å². The van der Waals surface area contributed by atoms with Gasteiger partial charge in [-0.2, -0.15) is 0 Å². The average molecular weight is 264 g/mol. The molecule has 2 rings (SSSR count). The van der Waals surface area contributed by atoms with E-state index in [1.807, 2.05) is 30.3 Å². The van der Waals surface area contributed by atoms with Crippen molar-refractivity contribution in [3.05, 3.63) is 35.9 Å². The molecule has 0 radical (unpaired) electrons. The highest BCUT2D eigenvalue weighted by molar-refractivity contribution is 5.73. The Morgan fingerprint density at radius 3 is 2.53 bits per heavy atom. The van der Waals surface area contributed by atoms with E-state index in [1.54, 1.807) is 0 Å². The van der Waals surface area contributed by atoms with Crippen molar-refractivity contribution in [1.82, 2.24) is 0 Å². The highest BCUT2D eigenvalue weighted by atomic mass is 19.1. The van der Waals surface area contributed by atoms with Gasteiger partial charge in [0, 0.05) is 0 Å². The molecule has 1 aromatic carbocycles. The van der Waals surface area contributed by atoms with Crippen molar-refractivity contribution in [3.63, 3.8) is 0 Å². The number of ether oxygens (including phenoxy) is 1. The van der Waals surface area contributed by atoms with Crippen LogP contribution in [0.25, 0.3) is 0 Å². The number of carbonyl (C=O) groups excluding carboxylic acids is 2. The predicted molar refractivity (Wildman–Crippen MR) is 68.1 cm³/mol. The number of halogens is 1. The van der Waals surface area contributed by atoms with Crippen molar-refractivity contribution < 1.29 is 18.7 Å². The number of rotatable bonds is 4. The second-order valence-corrected chi connectivity index (χ2v) is 5.02. The normalized spacial score (nSPS) is 26.7. The van der Waals surface area contributed by atoms with Gasteiger partial charge in [0.25, 0.3) is 0 Å². The predicted octanol–water partition coefficient (Wildman–Crippen LogP) is 2.83. The summed E-state index contributed by atoms with van der Waals surface area (Å²) in [6.07, 6.45) is 1.34. The van der Waals surface area contributed by atoms with Crippen molar-refractivity contribution in [2.45, 2.75) is 38.0 Å². The van der Waals surface area contributed by atoms with E-state index in [0.717, 1.165) is 5.56 Å². The van der Waals surface area contributed by atoms with Crippen LogP contribution in [0.4, 0.5) is 4.39 Å². The standard InChI is InChI=1S/C15H17FO3/c16-15(11-17)8-6-13(7-9-15)14(18)19-10-12-4-2-1-3-5-12/h1-5,11,13H,6-10H2. The Morgan fingerprint density at radius 1 is 1.32 bits per heavy atom. The summed E-state index contributed by atoms with van der Waals surface area (Å²) in [5, 5.41) is 0. The largest absolute Gasteiger partial charge is 0.461 e. The number of aldehydes is 1. The Kier molecular flexibility index (Phi) is 4.30. The number of benzene rings is 1. The lowest BCUT2D eigenvalue weighted by molar-refractivity contribution is -0.152. The molecule has 1 aromatic rings. The summed E-state index contributed by atoms with van der Waals surface area (Å²) < 4.78 is 18.9. The first-order valence-electron chi connectivity index (χ1n) is 6.49. The van der Waals surface area contributed by atoms with Gasteiger partial charge in [0.1, 0.15) is 6.61 Å². The Balaban J connectivity index is 1.80. The summed E-state index contributed by atoms with van der Waals surface area (Å²) in [4.78, 5) is 22.4. The van der Waals surface area contributed by atoms with Gasteiger partial charge in [0.2, 0.25) is 0 Å². The molecule has 0 aromatic heterocycles. The number of hydrogen-bond acceptors (Lipinski definition) is 3. The second-order valence-electron chi connectivity index (χ2n) is 5.02. The van der Waals surface area contributed by atoms with Crippen LogP contribution in [0, 0.1) is 5.92 Å². The van der Waals surface area contributed by atoms with Gasteiger partial charge in [0.05, 0.1) is 5.92 Å². The summed E-state index contributed by atoms with van der Waals surface area (Å²) in [5.74, 6) is -0.579. The second kappa shape index (κ2) is 5.95. The van der Waals surface area contributed by atoms with Gasteiger partial charge in [0.15, 0.2) is 12.0 Å². The van der Waals surface area contributed by atoms with Gasteiger partial charge in [-0.05, 0) is 31.2 Å². The molecule has 0 spiro atoms. The Labute approximate surface area is 111 Å². The number of esters is 1. The first kappa shape index (κ1) is 13.7. The molecule has 1 saturated carbocycles. The summed E-state index contributed by atoms with van der Waals surface area (Å²) in [7, 11) is 0. The van der Waals surface area contributed by atoms with Crippen LogP contribution in [0.3, 0.4) is 0 Å². The maximum atomic E-state index is 13.7. The topological polar surface area (TPSA) is 43.4 Å². The molecule has 0 saturated heterocycles. The van der Waals surface area contributed by atoms with E-state index >= 15 is 0 Å². The monoisotopic (exact) mass is 264 g/mol. The highest BCUT2D eigenvalue weighted by Gasteiger charge is 2.37. The van der Waals surface area contributed by atoms with Crippen molar-refractivity contribution in [2.75, 3.05) is 0 Å². The fourth-order valence-corrected chi connectivity index (χ4v) is 2.30. The lowest BCUT2D eigenvalue weighted by atomic mass is 9.81. The van der Waals surface area contributed by atoms with Crippen LogP contribution in [-0.2, 0) is 20.9 Å². The lowest BCUT2D eigenvalue weighted by Gasteiger charge is -2.28. The third-order valence-electron chi connectivity index (χ3n) is 3.59. The van der Waals surface area contributed by atoms with E-state index in [0.29, 0.717) is 19.1 Å². The Bertz CT molecular complexity index is 436. The van der Waals surface area contributed by atoms with E-state index < -0.39 is 5.67 Å². The fraction of sp³-hybridized carbons (Fsp3) is 0.467. The molecule has 0 atom stereocenters. The van der Waals surface area contributed by atoms with Crippen LogP contribution in [0.5, 0.6) is 0 Å². The van der Waals surface area contributed by atoms with E-state index in [1.165, 1.54) is 0 Å². The zero-order valence-corrected chi connectivity index (χ0v) is 10.7. The van der Waals surface area contributed by atoms with Crippen LogP contribution in [0.1, 0.15) is 31.2 Å². The number of carbonyl (C=O) groups is 2. The van der Waals surface area contributed by atoms with Crippen LogP contribution >= 0.6 is 0 Å². The van der Waals surface area contributed by atoms with Gasteiger partial charge >= 0.3 is 5.97 Å². The third kappa shape index (κ3) is 3.63. The molecule has 0 bridgehead atoms. The molecule has 3 nitrogen and oxygen atoms in total. The van der Waals surface area contributed by atoms with Crippen LogP contribution in [0.2, 0.25) is 0 Å². The molecule has 1 fully saturated rings. The molecular formula is C15H17FO3. The molecule has 0 amide bonds. The first-order valence-corrected chi connectivity index (χ1v) is 6.49. The molecule has 0 heterocycles. The maximum Gasteiger partial charge on any atom is 0.309 e. The van der Waals surface area contributed by atoms with Gasteiger partial charge in [-0.1, -0.05) is 30.3 Å². The summed E-state index contributed by atoms with van der Waals surface area (Å²) >= 11 is 0. The fourth-order valence-electron chi connectivity index (χ4n) is 2.30. The average Bonchev–Trinajstić information content (AvgIpc) is 2.47. The molecule has 0 unspecified atom stereocenters. The Morgan fingerprint density at radius 2 is 1.95 bits per heavy atom. The van der Waals surface area contributed by atoms with Crippen molar-refractivity contribution in [1.29, 1.82) is 0 Å². The van der Waals surface area contributed by atoms with Gasteiger partial charge < -0.3 is 4.74 Å². The van der Waals surface area contributed by atoms with Gasteiger partial charge in [-0.3, -0.25) is 9.59 Å². The van der Waals surface area contributed by atoms with E-state index in [9.17, 15) is 14.0 Å². The SMILES string of the molecule is O=CC1(F)CCC(C(=O)OCc2ccccc2)CC1. The molecule has 102 valence electrons. The van der Waals surface area contributed by atoms with Crippen molar-refractivity contribution >= 4 is 12.3 Å². The minimum absolute atomic E-state index is 0.113. The quantitative estimate of drug-likeness (QED) is 0.620. The molecule has 19 heavy (non-hydrogen) atoms. The molecule has 1 aliphatic rings. The van der Waals surface area contributed by atoms with Gasteiger partial charge in [-0.25, -0.2) is 4.39 Å². The first-order chi connectivity index (χ1) is 9.13. The van der Waals surface area contributed by atoms with E-state index in [-0.39, 0.29) is 31.3 Å². The van der Waals surface area contributed by atoms with Crippen molar-refractivity contribution in [2.24, 2.45) is 5.92 Å². The molecule has 4 heteroatoms. The summed E-state index contributed by atoms with van der Waals surface area (Å²) in [6.45, 7) is 0.241. The van der Waals surface area contributed by atoms with Crippen LogP contribution in [-0.4, -0.2) is 17.9 Å². The summed E-state index contributed by atoms with van der Waals surface area (Å²) in [6, 6.07) is 9.42. The number of alkyl halides is 1. The molecule has 1 aliphatic carbocycles. The molecule has 0 aliphatic heterocycles. The summed E-state index contributed by atoms with van der Waals surface area (Å²) in [5.41, 5.74) is -0.810. The smallest absolute Gasteiger partial charge is 0.309 e. The minimum atomic E-state index is -1.74. The zero-order chi connectivity index (χ0) is 13.7. The van der Waals surface area contributed by atoms with Crippen LogP contribution in [0.15, 0.2) is 30.3 Å². The molecular weight excluding hydrogens is 247 g/mol. The maximum absolute atomic E-state index is 13.7. The van der Waals surface area contributed by atoms with E-state index in [4.69, 9.17) is 4.74 Å². The molecule has 0 N–H and O–H groups in total. The minimum Gasteiger partial charge on any atom is -0.461 e. The number of hydrogen-bond donors (Lipinski definition) is 0. The van der Waals surface area contributed by atoms with Gasteiger partial charge in [-0.15, -0.1) is 0 Å². The zero-order valence-electron chi connectivity index (χ0n) is 10.7. The lowest BCUT2D eigenvalue weighted by Crippen LogP contribution is -2.34. The Hall–Kier alpha value is -1.71. The van der Waals surface area contributed by atoms with Crippen LogP contribution < -0.4 is 0 Å². The highest BCUT2D eigenvalue weighted by Crippen LogP contribution is 2.34. The third-order valence-corrected chi connectivity index (χ3v) is 3.59.